The van der Waals surface area contributed by atoms with E-state index in [0.717, 1.165) is 4.47 Å². The van der Waals surface area contributed by atoms with E-state index in [9.17, 15) is 4.79 Å². The Labute approximate surface area is 124 Å². The van der Waals surface area contributed by atoms with Gasteiger partial charge in [-0.05, 0) is 31.4 Å². The number of benzene rings is 1. The number of hydrogen-bond acceptors (Lipinski definition) is 3. The van der Waals surface area contributed by atoms with Gasteiger partial charge >= 0.3 is 0 Å². The van der Waals surface area contributed by atoms with E-state index in [0.29, 0.717) is 10.6 Å². The quantitative estimate of drug-likeness (QED) is 0.856. The lowest BCUT2D eigenvalue weighted by atomic mass is 10.2. The molecule has 3 nitrogen and oxygen atoms in total. The first kappa shape index (κ1) is 15.8. The van der Waals surface area contributed by atoms with Crippen LogP contribution in [0.4, 0.5) is 0 Å². The average Bonchev–Trinajstić information content (AvgIpc) is 2.29. The maximum atomic E-state index is 12.0. The fourth-order valence-corrected chi connectivity index (χ4v) is 2.99. The summed E-state index contributed by atoms with van der Waals surface area (Å²) in [5.41, 5.74) is 0.499. The van der Waals surface area contributed by atoms with Crippen LogP contribution >= 0.6 is 39.3 Å². The Kier molecular flexibility index (Phi) is 6.49. The third-order valence-corrected chi connectivity index (χ3v) is 4.36. The first-order valence-corrected chi connectivity index (χ1v) is 7.84. The Morgan fingerprint density at radius 1 is 1.56 bits per heavy atom. The van der Waals surface area contributed by atoms with Crippen LogP contribution in [-0.4, -0.2) is 35.2 Å². The summed E-state index contributed by atoms with van der Waals surface area (Å²) in [6.45, 7) is 1.90. The zero-order valence-electron chi connectivity index (χ0n) is 10.1. The number of aliphatic hydroxyl groups is 1. The van der Waals surface area contributed by atoms with Gasteiger partial charge in [-0.1, -0.05) is 27.5 Å². The molecule has 0 fully saturated rings. The van der Waals surface area contributed by atoms with Crippen molar-refractivity contribution in [1.29, 1.82) is 0 Å². The predicted molar refractivity (Wildman–Crippen MR) is 80.5 cm³/mol. The number of hydrogen-bond donors (Lipinski definition) is 2. The number of halogens is 2. The molecule has 0 aliphatic heterocycles. The highest BCUT2D eigenvalue weighted by molar-refractivity contribution is 9.10. The molecule has 100 valence electrons. The fraction of sp³-hybridized carbons (Fsp3) is 0.417. The molecule has 1 aromatic carbocycles. The molecule has 0 radical (unpaired) electrons. The minimum absolute atomic E-state index is 0.0171. The molecule has 0 aliphatic carbocycles. The first-order valence-electron chi connectivity index (χ1n) is 5.38. The van der Waals surface area contributed by atoms with Gasteiger partial charge in [0.05, 0.1) is 6.61 Å². The molecular formula is C12H15BrClNO2S. The van der Waals surface area contributed by atoms with Gasteiger partial charge in [0, 0.05) is 26.4 Å². The molecule has 0 bridgehead atoms. The highest BCUT2D eigenvalue weighted by Crippen LogP contribution is 2.20. The van der Waals surface area contributed by atoms with Crippen molar-refractivity contribution < 1.29 is 9.90 Å². The van der Waals surface area contributed by atoms with Crippen LogP contribution in [0.25, 0.3) is 0 Å². The highest BCUT2D eigenvalue weighted by Gasteiger charge is 2.18. The number of aliphatic hydroxyl groups excluding tert-OH is 1. The number of thioether (sulfide) groups is 1. The topological polar surface area (TPSA) is 49.3 Å². The molecule has 0 aromatic heterocycles. The zero-order chi connectivity index (χ0) is 13.7. The van der Waals surface area contributed by atoms with Crippen LogP contribution in [0.1, 0.15) is 17.3 Å². The van der Waals surface area contributed by atoms with Crippen molar-refractivity contribution in [2.45, 2.75) is 18.2 Å². The summed E-state index contributed by atoms with van der Waals surface area (Å²) in [7, 11) is 0. The Bertz CT molecular complexity index is 406. The normalized spacial score (nSPS) is 14.1. The van der Waals surface area contributed by atoms with Crippen molar-refractivity contribution >= 4 is 45.2 Å². The predicted octanol–water partition coefficient (Wildman–Crippen LogP) is 2.94. The van der Waals surface area contributed by atoms with Crippen molar-refractivity contribution in [2.75, 3.05) is 12.9 Å². The van der Waals surface area contributed by atoms with Gasteiger partial charge in [-0.15, -0.1) is 0 Å². The van der Waals surface area contributed by atoms with Gasteiger partial charge in [-0.2, -0.15) is 11.8 Å². The summed E-state index contributed by atoms with van der Waals surface area (Å²) >= 11 is 10.7. The molecule has 2 atom stereocenters. The molecule has 6 heteroatoms. The van der Waals surface area contributed by atoms with E-state index in [1.165, 1.54) is 11.8 Å². The van der Waals surface area contributed by atoms with E-state index in [1.54, 1.807) is 18.2 Å². The molecule has 0 saturated carbocycles. The van der Waals surface area contributed by atoms with E-state index in [1.807, 2.05) is 13.2 Å². The molecule has 1 aromatic rings. The number of nitrogens with one attached hydrogen (secondary N) is 1. The number of amides is 1. The minimum Gasteiger partial charge on any atom is -0.395 e. The lowest BCUT2D eigenvalue weighted by Gasteiger charge is -2.21. The lowest BCUT2D eigenvalue weighted by Crippen LogP contribution is -2.41. The van der Waals surface area contributed by atoms with Gasteiger partial charge in [0.25, 0.3) is 5.91 Å². The van der Waals surface area contributed by atoms with Gasteiger partial charge in [0.15, 0.2) is 0 Å². The maximum absolute atomic E-state index is 12.0. The SMILES string of the molecule is CSC(CO)C(C)NC(=O)c1cc(Cl)cc(Br)c1. The third kappa shape index (κ3) is 4.46. The van der Waals surface area contributed by atoms with Gasteiger partial charge in [-0.25, -0.2) is 0 Å². The van der Waals surface area contributed by atoms with E-state index in [-0.39, 0.29) is 23.8 Å². The van der Waals surface area contributed by atoms with Crippen LogP contribution in [-0.2, 0) is 0 Å². The second-order valence-electron chi connectivity index (χ2n) is 3.88. The Hall–Kier alpha value is -0.230. The van der Waals surface area contributed by atoms with Crippen LogP contribution in [0, 0.1) is 0 Å². The monoisotopic (exact) mass is 351 g/mol. The Morgan fingerprint density at radius 2 is 2.22 bits per heavy atom. The molecule has 0 spiro atoms. The molecule has 0 aliphatic rings. The molecule has 18 heavy (non-hydrogen) atoms. The smallest absolute Gasteiger partial charge is 0.251 e. The van der Waals surface area contributed by atoms with E-state index in [4.69, 9.17) is 16.7 Å². The number of carbonyl (C=O) groups excluding carboxylic acids is 1. The van der Waals surface area contributed by atoms with Crippen molar-refractivity contribution in [1.82, 2.24) is 5.32 Å². The van der Waals surface area contributed by atoms with Crippen molar-refractivity contribution in [3.8, 4) is 0 Å². The molecule has 0 saturated heterocycles. The standard InChI is InChI=1S/C12H15BrClNO2S/c1-7(11(6-16)18-2)15-12(17)8-3-9(13)5-10(14)4-8/h3-5,7,11,16H,6H2,1-2H3,(H,15,17). The first-order chi connectivity index (χ1) is 8.47. The van der Waals surface area contributed by atoms with Crippen LogP contribution in [0.5, 0.6) is 0 Å². The number of carbonyl (C=O) groups is 1. The van der Waals surface area contributed by atoms with Gasteiger partial charge in [0.2, 0.25) is 0 Å². The summed E-state index contributed by atoms with van der Waals surface area (Å²) in [4.78, 5) is 12.0. The highest BCUT2D eigenvalue weighted by atomic mass is 79.9. The lowest BCUT2D eigenvalue weighted by molar-refractivity contribution is 0.0936. The van der Waals surface area contributed by atoms with Crippen LogP contribution < -0.4 is 5.32 Å². The van der Waals surface area contributed by atoms with Crippen LogP contribution in [0.2, 0.25) is 5.02 Å². The maximum Gasteiger partial charge on any atom is 0.251 e. The van der Waals surface area contributed by atoms with Crippen molar-refractivity contribution in [2.24, 2.45) is 0 Å². The fourth-order valence-electron chi connectivity index (χ4n) is 1.50. The zero-order valence-corrected chi connectivity index (χ0v) is 13.3. The molecule has 1 amide bonds. The minimum atomic E-state index is -0.196. The van der Waals surface area contributed by atoms with E-state index >= 15 is 0 Å². The molecule has 0 heterocycles. The van der Waals surface area contributed by atoms with Gasteiger partial charge in [0.1, 0.15) is 0 Å². The molecule has 2 unspecified atom stereocenters. The second kappa shape index (κ2) is 7.38. The molecule has 2 N–H and O–H groups in total. The van der Waals surface area contributed by atoms with Crippen LogP contribution in [0.15, 0.2) is 22.7 Å². The second-order valence-corrected chi connectivity index (χ2v) is 6.31. The van der Waals surface area contributed by atoms with Crippen molar-refractivity contribution in [3.63, 3.8) is 0 Å². The largest absolute Gasteiger partial charge is 0.395 e. The average molecular weight is 353 g/mol. The van der Waals surface area contributed by atoms with Gasteiger partial charge < -0.3 is 10.4 Å². The van der Waals surface area contributed by atoms with Crippen LogP contribution in [0.3, 0.4) is 0 Å². The molecule has 1 rings (SSSR count). The summed E-state index contributed by atoms with van der Waals surface area (Å²) in [6.07, 6.45) is 1.90. The molecular weight excluding hydrogens is 338 g/mol. The summed E-state index contributed by atoms with van der Waals surface area (Å²) in [5, 5.41) is 12.5. The van der Waals surface area contributed by atoms with E-state index in [2.05, 4.69) is 21.2 Å². The summed E-state index contributed by atoms with van der Waals surface area (Å²) in [6, 6.07) is 4.93. The third-order valence-electron chi connectivity index (χ3n) is 2.52. The van der Waals surface area contributed by atoms with E-state index < -0.39 is 0 Å². The summed E-state index contributed by atoms with van der Waals surface area (Å²) < 4.78 is 0.761. The Morgan fingerprint density at radius 3 is 2.72 bits per heavy atom. The van der Waals surface area contributed by atoms with Crippen molar-refractivity contribution in [3.05, 3.63) is 33.3 Å². The van der Waals surface area contributed by atoms with Gasteiger partial charge in [-0.3, -0.25) is 4.79 Å². The number of rotatable bonds is 5. The Balaban J connectivity index is 2.76. The summed E-state index contributed by atoms with van der Waals surface area (Å²) in [5.74, 6) is -0.196.